The van der Waals surface area contributed by atoms with E-state index in [0.29, 0.717) is 12.1 Å². The molecule has 2 aromatic rings. The van der Waals surface area contributed by atoms with Gasteiger partial charge in [0.25, 0.3) is 0 Å². The highest BCUT2D eigenvalue weighted by atomic mass is 32.1. The minimum atomic E-state index is 0.383. The fourth-order valence-electron chi connectivity index (χ4n) is 2.77. The van der Waals surface area contributed by atoms with Crippen molar-refractivity contribution in [1.29, 1.82) is 0 Å². The van der Waals surface area contributed by atoms with Crippen LogP contribution in [0.4, 0.5) is 0 Å². The van der Waals surface area contributed by atoms with Gasteiger partial charge in [0.1, 0.15) is 0 Å². The number of thiophene rings is 1. The minimum absolute atomic E-state index is 0.383. The Morgan fingerprint density at radius 3 is 3.11 bits per heavy atom. The summed E-state index contributed by atoms with van der Waals surface area (Å²) in [5.41, 5.74) is 1.45. The summed E-state index contributed by atoms with van der Waals surface area (Å²) in [5.74, 6) is 0. The van der Waals surface area contributed by atoms with Gasteiger partial charge in [-0.1, -0.05) is 18.2 Å². The lowest BCUT2D eigenvalue weighted by Gasteiger charge is -2.22. The van der Waals surface area contributed by atoms with Crippen molar-refractivity contribution in [1.82, 2.24) is 5.32 Å². The summed E-state index contributed by atoms with van der Waals surface area (Å²) in [6.45, 7) is 0.924. The lowest BCUT2D eigenvalue weighted by Crippen LogP contribution is -2.39. The molecule has 96 valence electrons. The zero-order chi connectivity index (χ0) is 12.4. The van der Waals surface area contributed by atoms with E-state index >= 15 is 0 Å². The van der Waals surface area contributed by atoms with Gasteiger partial charge < -0.3 is 10.1 Å². The first kappa shape index (κ1) is 12.2. The van der Waals surface area contributed by atoms with E-state index < -0.39 is 0 Å². The fraction of sp³-hybridized carbons (Fsp3) is 0.467. The van der Waals surface area contributed by atoms with Gasteiger partial charge in [-0.15, -0.1) is 11.3 Å². The predicted octanol–water partition coefficient (Wildman–Crippen LogP) is 3.21. The maximum atomic E-state index is 5.81. The summed E-state index contributed by atoms with van der Waals surface area (Å²) >= 11 is 1.84. The van der Waals surface area contributed by atoms with Crippen molar-refractivity contribution in [2.45, 2.75) is 31.4 Å². The average molecular weight is 261 g/mol. The Kier molecular flexibility index (Phi) is 3.64. The molecule has 1 fully saturated rings. The molecule has 1 saturated heterocycles. The monoisotopic (exact) mass is 261 g/mol. The molecule has 2 atom stereocenters. The van der Waals surface area contributed by atoms with Crippen molar-refractivity contribution in [2.75, 3.05) is 13.7 Å². The lowest BCUT2D eigenvalue weighted by atomic mass is 9.99. The molecule has 18 heavy (non-hydrogen) atoms. The van der Waals surface area contributed by atoms with Crippen LogP contribution in [0.5, 0.6) is 0 Å². The van der Waals surface area contributed by atoms with Crippen molar-refractivity contribution in [3.63, 3.8) is 0 Å². The molecule has 1 aliphatic rings. The number of ether oxygens (including phenoxy) is 1. The molecule has 3 heteroatoms. The Morgan fingerprint density at radius 1 is 1.44 bits per heavy atom. The third kappa shape index (κ3) is 2.30. The molecule has 1 N–H and O–H groups in total. The van der Waals surface area contributed by atoms with Crippen LogP contribution in [0.25, 0.3) is 10.1 Å². The van der Waals surface area contributed by atoms with Gasteiger partial charge in [0.2, 0.25) is 0 Å². The smallest absolute Gasteiger partial charge is 0.0732 e. The van der Waals surface area contributed by atoms with E-state index in [0.717, 1.165) is 13.0 Å². The molecule has 2 nitrogen and oxygen atoms in total. The van der Waals surface area contributed by atoms with E-state index in [-0.39, 0.29) is 0 Å². The molecule has 0 amide bonds. The summed E-state index contributed by atoms with van der Waals surface area (Å²) in [6, 6.07) is 9.09. The number of rotatable bonds is 4. The molecule has 1 aromatic carbocycles. The highest BCUT2D eigenvalue weighted by Crippen LogP contribution is 2.28. The normalized spacial score (nSPS) is 21.5. The van der Waals surface area contributed by atoms with Gasteiger partial charge in [-0.3, -0.25) is 0 Å². The van der Waals surface area contributed by atoms with Gasteiger partial charge in [-0.05, 0) is 48.7 Å². The van der Waals surface area contributed by atoms with Crippen LogP contribution in [0.1, 0.15) is 18.4 Å². The number of hydrogen-bond acceptors (Lipinski definition) is 3. The SMILES string of the molecule is CNC(Cc1csc2ccccc12)C1CCCO1. The van der Waals surface area contributed by atoms with Gasteiger partial charge in [0, 0.05) is 17.3 Å². The summed E-state index contributed by atoms with van der Waals surface area (Å²) in [5, 5.41) is 7.13. The zero-order valence-electron chi connectivity index (χ0n) is 10.7. The van der Waals surface area contributed by atoms with Crippen LogP contribution in [0.2, 0.25) is 0 Å². The fourth-order valence-corrected chi connectivity index (χ4v) is 3.74. The maximum absolute atomic E-state index is 5.81. The number of hydrogen-bond donors (Lipinski definition) is 1. The van der Waals surface area contributed by atoms with Gasteiger partial charge in [0.05, 0.1) is 6.10 Å². The second kappa shape index (κ2) is 5.39. The molecule has 0 bridgehead atoms. The Labute approximate surface area is 112 Å². The maximum Gasteiger partial charge on any atom is 0.0732 e. The molecule has 2 unspecified atom stereocenters. The van der Waals surface area contributed by atoms with Crippen LogP contribution in [0.15, 0.2) is 29.6 Å². The topological polar surface area (TPSA) is 21.3 Å². The predicted molar refractivity (Wildman–Crippen MR) is 77.4 cm³/mol. The second-order valence-electron chi connectivity index (χ2n) is 4.91. The van der Waals surface area contributed by atoms with Crippen molar-refractivity contribution in [3.8, 4) is 0 Å². The molecule has 1 aromatic heterocycles. The van der Waals surface area contributed by atoms with E-state index in [1.165, 1.54) is 28.5 Å². The summed E-state index contributed by atoms with van der Waals surface area (Å²) in [7, 11) is 2.04. The number of benzene rings is 1. The molecule has 3 rings (SSSR count). The second-order valence-corrected chi connectivity index (χ2v) is 5.82. The summed E-state index contributed by atoms with van der Waals surface area (Å²) < 4.78 is 7.19. The van der Waals surface area contributed by atoms with Crippen molar-refractivity contribution in [2.24, 2.45) is 0 Å². The molecule has 1 aliphatic heterocycles. The Hall–Kier alpha value is -0.900. The first-order valence-corrected chi connectivity index (χ1v) is 7.50. The van der Waals surface area contributed by atoms with Crippen molar-refractivity contribution in [3.05, 3.63) is 35.2 Å². The number of fused-ring (bicyclic) bond motifs is 1. The Bertz CT molecular complexity index is 516. The van der Waals surface area contributed by atoms with Crippen molar-refractivity contribution < 1.29 is 4.74 Å². The van der Waals surface area contributed by atoms with E-state index in [1.54, 1.807) is 0 Å². The van der Waals surface area contributed by atoms with Crippen LogP contribution >= 0.6 is 11.3 Å². The Morgan fingerprint density at radius 2 is 2.33 bits per heavy atom. The van der Waals surface area contributed by atoms with Crippen LogP contribution < -0.4 is 5.32 Å². The molecule has 0 saturated carbocycles. The van der Waals surface area contributed by atoms with Crippen molar-refractivity contribution >= 4 is 21.4 Å². The minimum Gasteiger partial charge on any atom is -0.377 e. The average Bonchev–Trinajstić information content (AvgIpc) is 3.06. The third-order valence-corrected chi connectivity index (χ3v) is 4.80. The number of likely N-dealkylation sites (N-methyl/N-ethyl adjacent to an activating group) is 1. The highest BCUT2D eigenvalue weighted by molar-refractivity contribution is 7.17. The van der Waals surface area contributed by atoms with Crippen LogP contribution in [-0.2, 0) is 11.2 Å². The van der Waals surface area contributed by atoms with Gasteiger partial charge >= 0.3 is 0 Å². The van der Waals surface area contributed by atoms with E-state index in [1.807, 2.05) is 18.4 Å². The molecular formula is C15H19NOS. The molecule has 0 spiro atoms. The quantitative estimate of drug-likeness (QED) is 0.912. The van der Waals surface area contributed by atoms with E-state index in [4.69, 9.17) is 4.74 Å². The first-order valence-electron chi connectivity index (χ1n) is 6.62. The molecule has 0 radical (unpaired) electrons. The molecule has 2 heterocycles. The third-order valence-electron chi connectivity index (χ3n) is 3.79. The van der Waals surface area contributed by atoms with Gasteiger partial charge in [-0.2, -0.15) is 0 Å². The number of nitrogens with one attached hydrogen (secondary N) is 1. The van der Waals surface area contributed by atoms with Crippen LogP contribution in [-0.4, -0.2) is 25.8 Å². The van der Waals surface area contributed by atoms with Gasteiger partial charge in [0.15, 0.2) is 0 Å². The molecular weight excluding hydrogens is 242 g/mol. The van der Waals surface area contributed by atoms with E-state index in [9.17, 15) is 0 Å². The molecule has 0 aliphatic carbocycles. The zero-order valence-corrected chi connectivity index (χ0v) is 11.5. The highest BCUT2D eigenvalue weighted by Gasteiger charge is 2.25. The standard InChI is InChI=1S/C15H19NOS/c1-16-13(14-6-4-8-17-14)9-11-10-18-15-7-3-2-5-12(11)15/h2-3,5,7,10,13-14,16H,4,6,8-9H2,1H3. The van der Waals surface area contributed by atoms with Gasteiger partial charge in [-0.25, -0.2) is 0 Å². The lowest BCUT2D eigenvalue weighted by molar-refractivity contribution is 0.0809. The van der Waals surface area contributed by atoms with Crippen LogP contribution in [0, 0.1) is 0 Å². The summed E-state index contributed by atoms with van der Waals surface area (Å²) in [4.78, 5) is 0. The Balaban J connectivity index is 1.81. The summed E-state index contributed by atoms with van der Waals surface area (Å²) in [6.07, 6.45) is 3.83. The largest absolute Gasteiger partial charge is 0.377 e. The first-order chi connectivity index (χ1) is 8.88. The van der Waals surface area contributed by atoms with E-state index in [2.05, 4.69) is 35.0 Å². The van der Waals surface area contributed by atoms with Crippen LogP contribution in [0.3, 0.4) is 0 Å².